The predicted octanol–water partition coefficient (Wildman–Crippen LogP) is 2.85. The number of para-hydroxylation sites is 1. The van der Waals surface area contributed by atoms with E-state index in [9.17, 15) is 9.59 Å². The zero-order chi connectivity index (χ0) is 23.5. The number of hydrogen-bond acceptors (Lipinski definition) is 6. The van der Waals surface area contributed by atoms with Crippen molar-refractivity contribution in [2.45, 2.75) is 13.7 Å². The number of ether oxygens (including phenoxy) is 1. The van der Waals surface area contributed by atoms with E-state index in [0.717, 1.165) is 5.69 Å². The van der Waals surface area contributed by atoms with E-state index in [1.807, 2.05) is 6.92 Å². The van der Waals surface area contributed by atoms with Gasteiger partial charge in [-0.3, -0.25) is 19.0 Å². The minimum Gasteiger partial charge on any atom is -0.470 e. The largest absolute Gasteiger partial charge is 0.470 e. The fraction of sp³-hybridized carbons (Fsp3) is 0.190. The van der Waals surface area contributed by atoms with Crippen molar-refractivity contribution in [1.82, 2.24) is 29.3 Å². The molecule has 2 amide bonds. The minimum atomic E-state index is -0.494. The number of halogens is 1. The Morgan fingerprint density at radius 1 is 1.00 bits per heavy atom. The number of aromatic nitrogens is 6. The summed E-state index contributed by atoms with van der Waals surface area (Å²) >= 11 is 6.08. The van der Waals surface area contributed by atoms with Gasteiger partial charge < -0.3 is 15.4 Å². The quantitative estimate of drug-likeness (QED) is 0.430. The monoisotopic (exact) mass is 468 g/mol. The van der Waals surface area contributed by atoms with Gasteiger partial charge in [-0.2, -0.15) is 15.3 Å². The zero-order valence-corrected chi connectivity index (χ0v) is 18.9. The smallest absolute Gasteiger partial charge is 0.276 e. The maximum atomic E-state index is 12.8. The molecule has 0 unspecified atom stereocenters. The Kier molecular flexibility index (Phi) is 6.13. The number of rotatable bonds is 7. The fourth-order valence-electron chi connectivity index (χ4n) is 3.04. The van der Waals surface area contributed by atoms with E-state index < -0.39 is 11.8 Å². The highest BCUT2D eigenvalue weighted by Crippen LogP contribution is 2.23. The summed E-state index contributed by atoms with van der Waals surface area (Å²) in [6.07, 6.45) is 4.56. The molecule has 11 nitrogen and oxygen atoms in total. The average Bonchev–Trinajstić information content (AvgIpc) is 3.49. The lowest BCUT2D eigenvalue weighted by Crippen LogP contribution is -2.21. The number of aryl methyl sites for hydroxylation is 2. The highest BCUT2D eigenvalue weighted by molar-refractivity contribution is 6.32. The third-order valence-electron chi connectivity index (χ3n) is 4.95. The lowest BCUT2D eigenvalue weighted by molar-refractivity contribution is 0.101. The first-order valence-electron chi connectivity index (χ1n) is 9.87. The van der Waals surface area contributed by atoms with Gasteiger partial charge in [0.05, 0.1) is 34.5 Å². The van der Waals surface area contributed by atoms with Crippen LogP contribution >= 0.6 is 11.6 Å². The van der Waals surface area contributed by atoms with Gasteiger partial charge >= 0.3 is 0 Å². The van der Waals surface area contributed by atoms with Crippen molar-refractivity contribution in [3.63, 3.8) is 0 Å². The summed E-state index contributed by atoms with van der Waals surface area (Å²) < 4.78 is 10.1. The number of anilines is 2. The Morgan fingerprint density at radius 3 is 2.42 bits per heavy atom. The van der Waals surface area contributed by atoms with Gasteiger partial charge in [-0.25, -0.2) is 4.68 Å². The van der Waals surface area contributed by atoms with E-state index in [1.165, 1.54) is 15.6 Å². The van der Waals surface area contributed by atoms with Crippen LogP contribution in [-0.4, -0.2) is 41.2 Å². The van der Waals surface area contributed by atoms with Crippen LogP contribution in [0.1, 0.15) is 26.7 Å². The highest BCUT2D eigenvalue weighted by atomic mass is 35.5. The maximum absolute atomic E-state index is 12.8. The number of hydrogen-bond donors (Lipinski definition) is 2. The molecule has 4 aromatic rings. The van der Waals surface area contributed by atoms with Crippen LogP contribution in [0.2, 0.25) is 5.02 Å². The van der Waals surface area contributed by atoms with Gasteiger partial charge in [0.15, 0.2) is 12.4 Å². The third-order valence-corrected chi connectivity index (χ3v) is 5.26. The van der Waals surface area contributed by atoms with Crippen LogP contribution in [0.3, 0.4) is 0 Å². The first-order valence-corrected chi connectivity index (χ1v) is 10.3. The van der Waals surface area contributed by atoms with Gasteiger partial charge in [0, 0.05) is 20.3 Å². The average molecular weight is 469 g/mol. The topological polar surface area (TPSA) is 121 Å². The molecule has 170 valence electrons. The molecule has 0 aliphatic rings. The number of benzene rings is 1. The Hall–Kier alpha value is -4.12. The summed E-state index contributed by atoms with van der Waals surface area (Å²) in [5.74, 6) is -0.415. The van der Waals surface area contributed by atoms with E-state index in [2.05, 4.69) is 25.9 Å². The van der Waals surface area contributed by atoms with Crippen molar-refractivity contribution in [3.8, 4) is 5.75 Å². The van der Waals surface area contributed by atoms with Crippen LogP contribution < -0.4 is 15.4 Å². The van der Waals surface area contributed by atoms with Crippen molar-refractivity contribution in [2.24, 2.45) is 14.1 Å². The Bertz CT molecular complexity index is 1320. The maximum Gasteiger partial charge on any atom is 0.276 e. The van der Waals surface area contributed by atoms with Gasteiger partial charge in [0.1, 0.15) is 11.4 Å². The molecule has 4 rings (SSSR count). The summed E-state index contributed by atoms with van der Waals surface area (Å²) in [4.78, 5) is 25.6. The van der Waals surface area contributed by atoms with E-state index in [4.69, 9.17) is 16.3 Å². The number of amides is 2. The molecule has 0 bridgehead atoms. The van der Waals surface area contributed by atoms with Crippen LogP contribution in [0.25, 0.3) is 0 Å². The molecule has 3 heterocycles. The number of carbonyl (C=O) groups excluding carboxylic acids is 2. The van der Waals surface area contributed by atoms with Crippen molar-refractivity contribution < 1.29 is 14.3 Å². The molecule has 3 aromatic heterocycles. The first-order chi connectivity index (χ1) is 15.8. The van der Waals surface area contributed by atoms with E-state index >= 15 is 0 Å². The summed E-state index contributed by atoms with van der Waals surface area (Å²) in [5.41, 5.74) is 1.95. The van der Waals surface area contributed by atoms with Crippen LogP contribution in [-0.2, 0) is 20.8 Å². The number of nitrogens with zero attached hydrogens (tertiary/aromatic N) is 6. The van der Waals surface area contributed by atoms with Crippen molar-refractivity contribution in [2.75, 3.05) is 10.6 Å². The van der Waals surface area contributed by atoms with Crippen LogP contribution in [0.15, 0.2) is 48.9 Å². The van der Waals surface area contributed by atoms with Crippen molar-refractivity contribution >= 4 is 34.8 Å². The van der Waals surface area contributed by atoms with E-state index in [0.29, 0.717) is 16.5 Å². The molecule has 0 atom stereocenters. The second-order valence-electron chi connectivity index (χ2n) is 7.15. The second-order valence-corrected chi connectivity index (χ2v) is 7.56. The molecule has 0 aliphatic carbocycles. The Balaban J connectivity index is 1.43. The van der Waals surface area contributed by atoms with Crippen molar-refractivity contribution in [1.29, 1.82) is 0 Å². The molecule has 2 N–H and O–H groups in total. The summed E-state index contributed by atoms with van der Waals surface area (Å²) in [6.45, 7) is 1.91. The summed E-state index contributed by atoms with van der Waals surface area (Å²) in [7, 11) is 3.39. The van der Waals surface area contributed by atoms with Gasteiger partial charge in [-0.1, -0.05) is 23.7 Å². The highest BCUT2D eigenvalue weighted by Gasteiger charge is 2.21. The van der Waals surface area contributed by atoms with Crippen LogP contribution in [0.5, 0.6) is 5.75 Å². The Labute approximate surface area is 193 Å². The van der Waals surface area contributed by atoms with Crippen LogP contribution in [0.4, 0.5) is 11.4 Å². The van der Waals surface area contributed by atoms with E-state index in [-0.39, 0.29) is 23.8 Å². The summed E-state index contributed by atoms with van der Waals surface area (Å²) in [5, 5.41) is 18.4. The molecule has 0 radical (unpaired) electrons. The molecule has 12 heteroatoms. The van der Waals surface area contributed by atoms with Gasteiger partial charge in [-0.05, 0) is 25.1 Å². The fourth-order valence-corrected chi connectivity index (χ4v) is 3.23. The Morgan fingerprint density at radius 2 is 1.70 bits per heavy atom. The van der Waals surface area contributed by atoms with Crippen molar-refractivity contribution in [3.05, 3.63) is 71.0 Å². The van der Waals surface area contributed by atoms with Gasteiger partial charge in [-0.15, -0.1) is 0 Å². The van der Waals surface area contributed by atoms with Crippen LogP contribution in [0, 0.1) is 6.92 Å². The summed E-state index contributed by atoms with van der Waals surface area (Å²) in [6, 6.07) is 8.61. The molecule has 1 aromatic carbocycles. The standard InChI is InChI=1S/C21H21ClN8O3/c1-13-16(10-23-28(13)2)25-21(32)19-17(11-24-29(19)3)26-20(31)15-8-9-30(27-15)12-33-18-7-5-4-6-14(18)22/h4-11H,12H2,1-3H3,(H,25,32)(H,26,31). The molecular weight excluding hydrogens is 448 g/mol. The molecule has 0 spiro atoms. The molecule has 0 fully saturated rings. The predicted molar refractivity (Wildman–Crippen MR) is 121 cm³/mol. The molecule has 33 heavy (non-hydrogen) atoms. The molecular formula is C21H21ClN8O3. The first kappa shape index (κ1) is 22.1. The molecule has 0 saturated heterocycles. The zero-order valence-electron chi connectivity index (χ0n) is 18.1. The normalized spacial score (nSPS) is 10.8. The minimum absolute atomic E-state index is 0.0715. The number of nitrogens with one attached hydrogen (secondary N) is 2. The molecule has 0 aliphatic heterocycles. The second kappa shape index (κ2) is 9.17. The lowest BCUT2D eigenvalue weighted by Gasteiger charge is -2.08. The number of carbonyl (C=O) groups is 2. The van der Waals surface area contributed by atoms with Gasteiger partial charge in [0.25, 0.3) is 11.8 Å². The lowest BCUT2D eigenvalue weighted by atomic mass is 10.3. The molecule has 0 saturated carbocycles. The van der Waals surface area contributed by atoms with Gasteiger partial charge in [0.2, 0.25) is 0 Å². The van der Waals surface area contributed by atoms with E-state index in [1.54, 1.807) is 61.5 Å². The third kappa shape index (κ3) is 4.72. The SMILES string of the molecule is Cc1c(NC(=O)c2c(NC(=O)c3ccn(COc4ccccc4Cl)n3)cnn2C)cnn1C.